The van der Waals surface area contributed by atoms with Crippen molar-refractivity contribution in [1.82, 2.24) is 15.0 Å². The van der Waals surface area contributed by atoms with Gasteiger partial charge in [-0.1, -0.05) is 53.8 Å². The summed E-state index contributed by atoms with van der Waals surface area (Å²) in [5.41, 5.74) is 1.43. The maximum Gasteiger partial charge on any atom is 0.328 e. The van der Waals surface area contributed by atoms with Gasteiger partial charge in [0, 0.05) is 25.7 Å². The Morgan fingerprint density at radius 1 is 1.41 bits per heavy atom. The van der Waals surface area contributed by atoms with E-state index in [1.54, 1.807) is 25.1 Å². The molecule has 1 aromatic carbocycles. The number of carboxylic acids is 1. The Morgan fingerprint density at radius 2 is 2.19 bits per heavy atom. The van der Waals surface area contributed by atoms with Gasteiger partial charge in [0.05, 0.1) is 17.5 Å². The molecule has 0 fully saturated rings. The Hall–Kier alpha value is -2.38. The number of thioether (sulfide) groups is 1. The van der Waals surface area contributed by atoms with Gasteiger partial charge >= 0.3 is 5.97 Å². The molecule has 0 saturated carbocycles. The van der Waals surface area contributed by atoms with E-state index in [1.807, 2.05) is 49.4 Å². The number of hydrogen-bond acceptors (Lipinski definition) is 5. The molecule has 2 atom stereocenters. The van der Waals surface area contributed by atoms with E-state index in [1.165, 1.54) is 9.59 Å². The first kappa shape index (κ1) is 19.4. The lowest BCUT2D eigenvalue weighted by Gasteiger charge is -2.27. The molecule has 0 spiro atoms. The third-order valence-corrected chi connectivity index (χ3v) is 5.65. The summed E-state index contributed by atoms with van der Waals surface area (Å²) in [5, 5.41) is 17.8. The van der Waals surface area contributed by atoms with E-state index < -0.39 is 12.0 Å². The monoisotopic (exact) mass is 385 g/mol. The third kappa shape index (κ3) is 5.08. The number of hydrogen-bond donors (Lipinski definition) is 1. The number of benzene rings is 1. The van der Waals surface area contributed by atoms with E-state index in [2.05, 4.69) is 16.4 Å². The van der Waals surface area contributed by atoms with Crippen molar-refractivity contribution in [3.8, 4) is 0 Å². The molecule has 0 bridgehead atoms. The van der Waals surface area contributed by atoms with E-state index in [0.717, 1.165) is 17.7 Å². The quantitative estimate of drug-likeness (QED) is 0.748. The van der Waals surface area contributed by atoms with Gasteiger partial charge in [0.25, 0.3) is 0 Å². The molecule has 0 saturated heterocycles. The standard InChI is InChI=1S/C20H23N3O3S/c1-20(26-2)10-6-9-17(12-20)27-14-16-13-23(22-21-16)18(19(24)25)11-15-7-4-3-5-8-15/h3-10,13,18H,11-12,14H2,1-2H3,(H,24,25)/t18-,20?/m0/s1. The van der Waals surface area contributed by atoms with Crippen LogP contribution >= 0.6 is 11.8 Å². The van der Waals surface area contributed by atoms with Gasteiger partial charge in [0.2, 0.25) is 0 Å². The van der Waals surface area contributed by atoms with Crippen molar-refractivity contribution < 1.29 is 14.6 Å². The molecule has 7 heteroatoms. The third-order valence-electron chi connectivity index (χ3n) is 4.56. The number of nitrogens with zero attached hydrogens (tertiary/aromatic N) is 3. The molecule has 1 aliphatic rings. The summed E-state index contributed by atoms with van der Waals surface area (Å²) in [4.78, 5) is 12.9. The maximum atomic E-state index is 11.7. The summed E-state index contributed by atoms with van der Waals surface area (Å²) in [7, 11) is 1.71. The average Bonchev–Trinajstić information content (AvgIpc) is 3.14. The molecule has 2 aromatic rings. The second-order valence-corrected chi connectivity index (χ2v) is 7.81. The van der Waals surface area contributed by atoms with Crippen LogP contribution in [0.2, 0.25) is 0 Å². The number of aliphatic carboxylic acids is 1. The zero-order valence-corrected chi connectivity index (χ0v) is 16.2. The summed E-state index contributed by atoms with van der Waals surface area (Å²) < 4.78 is 6.99. The Morgan fingerprint density at radius 3 is 2.89 bits per heavy atom. The van der Waals surface area contributed by atoms with Crippen LogP contribution in [0.25, 0.3) is 0 Å². The SMILES string of the molecule is COC1(C)C=CC=C(SCc2cn([C@@H](Cc3ccccc3)C(=O)O)nn2)C1. The minimum absolute atomic E-state index is 0.279. The van der Waals surface area contributed by atoms with Gasteiger partial charge in [-0.3, -0.25) is 0 Å². The van der Waals surface area contributed by atoms with Crippen molar-refractivity contribution in [2.45, 2.75) is 37.2 Å². The van der Waals surface area contributed by atoms with Crippen LogP contribution < -0.4 is 0 Å². The van der Waals surface area contributed by atoms with Crippen molar-refractivity contribution in [2.75, 3.05) is 7.11 Å². The number of allylic oxidation sites excluding steroid dienone is 2. The lowest BCUT2D eigenvalue weighted by atomic mass is 9.97. The molecule has 3 rings (SSSR count). The van der Waals surface area contributed by atoms with Crippen LogP contribution in [-0.4, -0.2) is 38.8 Å². The second-order valence-electron chi connectivity index (χ2n) is 6.71. The van der Waals surface area contributed by atoms with Crippen LogP contribution in [0.3, 0.4) is 0 Å². The van der Waals surface area contributed by atoms with Crippen LogP contribution in [0.1, 0.15) is 30.6 Å². The van der Waals surface area contributed by atoms with Gasteiger partial charge in [-0.05, 0) is 17.4 Å². The fourth-order valence-electron chi connectivity index (χ4n) is 2.89. The zero-order chi connectivity index (χ0) is 19.3. The first-order valence-corrected chi connectivity index (χ1v) is 9.71. The molecule has 1 aliphatic carbocycles. The second kappa shape index (κ2) is 8.54. The summed E-state index contributed by atoms with van der Waals surface area (Å²) in [6.07, 6.45) is 9.04. The molecule has 6 nitrogen and oxygen atoms in total. The summed E-state index contributed by atoms with van der Waals surface area (Å²) >= 11 is 1.67. The smallest absolute Gasteiger partial charge is 0.328 e. The molecule has 142 valence electrons. The molecular weight excluding hydrogens is 362 g/mol. The highest BCUT2D eigenvalue weighted by Crippen LogP contribution is 2.33. The number of methoxy groups -OCH3 is 1. The number of rotatable bonds is 8. The number of ether oxygens (including phenoxy) is 1. The fraction of sp³-hybridized carbons (Fsp3) is 0.350. The molecule has 0 amide bonds. The zero-order valence-electron chi connectivity index (χ0n) is 15.4. The topological polar surface area (TPSA) is 77.2 Å². The van der Waals surface area contributed by atoms with Crippen LogP contribution in [0.4, 0.5) is 0 Å². The van der Waals surface area contributed by atoms with E-state index in [9.17, 15) is 9.90 Å². The summed E-state index contributed by atoms with van der Waals surface area (Å²) in [6, 6.07) is 8.77. The van der Waals surface area contributed by atoms with Gasteiger partial charge in [-0.25, -0.2) is 9.48 Å². The Bertz CT molecular complexity index is 847. The molecule has 1 aromatic heterocycles. The first-order valence-electron chi connectivity index (χ1n) is 8.73. The van der Waals surface area contributed by atoms with Crippen LogP contribution in [-0.2, 0) is 21.7 Å². The average molecular weight is 385 g/mol. The van der Waals surface area contributed by atoms with E-state index in [-0.39, 0.29) is 5.60 Å². The van der Waals surface area contributed by atoms with E-state index in [0.29, 0.717) is 12.2 Å². The van der Waals surface area contributed by atoms with E-state index in [4.69, 9.17) is 4.74 Å². The molecule has 1 unspecified atom stereocenters. The first-order chi connectivity index (χ1) is 13.0. The Balaban J connectivity index is 1.64. The van der Waals surface area contributed by atoms with Crippen LogP contribution in [0.15, 0.2) is 59.7 Å². The molecule has 0 aliphatic heterocycles. The van der Waals surface area contributed by atoms with Crippen molar-refractivity contribution in [3.05, 3.63) is 70.9 Å². The normalized spacial score (nSPS) is 20.3. The minimum Gasteiger partial charge on any atom is -0.480 e. The van der Waals surface area contributed by atoms with Gasteiger partial charge in [-0.2, -0.15) is 0 Å². The minimum atomic E-state index is -0.918. The fourth-order valence-corrected chi connectivity index (χ4v) is 3.92. The van der Waals surface area contributed by atoms with Gasteiger partial charge in [0.15, 0.2) is 6.04 Å². The highest BCUT2D eigenvalue weighted by atomic mass is 32.2. The highest BCUT2D eigenvalue weighted by molar-refractivity contribution is 8.02. The van der Waals surface area contributed by atoms with Gasteiger partial charge in [-0.15, -0.1) is 16.9 Å². The maximum absolute atomic E-state index is 11.7. The largest absolute Gasteiger partial charge is 0.480 e. The lowest BCUT2D eigenvalue weighted by molar-refractivity contribution is -0.141. The Labute approximate surface area is 162 Å². The molecule has 1 heterocycles. The predicted molar refractivity (Wildman–Crippen MR) is 105 cm³/mol. The Kier molecular flexibility index (Phi) is 6.13. The predicted octanol–water partition coefficient (Wildman–Crippen LogP) is 3.63. The number of carboxylic acid groups (broad SMARTS) is 1. The van der Waals surface area contributed by atoms with Crippen LogP contribution in [0, 0.1) is 0 Å². The molecule has 27 heavy (non-hydrogen) atoms. The van der Waals surface area contributed by atoms with Gasteiger partial charge < -0.3 is 9.84 Å². The van der Waals surface area contributed by atoms with Crippen LogP contribution in [0.5, 0.6) is 0 Å². The summed E-state index contributed by atoms with van der Waals surface area (Å²) in [5.74, 6) is -0.282. The van der Waals surface area contributed by atoms with Crippen molar-refractivity contribution in [1.29, 1.82) is 0 Å². The number of carbonyl (C=O) groups is 1. The highest BCUT2D eigenvalue weighted by Gasteiger charge is 2.25. The number of aromatic nitrogens is 3. The summed E-state index contributed by atoms with van der Waals surface area (Å²) in [6.45, 7) is 2.05. The van der Waals surface area contributed by atoms with Crippen molar-refractivity contribution in [3.63, 3.8) is 0 Å². The van der Waals surface area contributed by atoms with Crippen molar-refractivity contribution >= 4 is 17.7 Å². The molecule has 0 radical (unpaired) electrons. The van der Waals surface area contributed by atoms with Gasteiger partial charge in [0.1, 0.15) is 0 Å². The van der Waals surface area contributed by atoms with Crippen molar-refractivity contribution in [2.24, 2.45) is 0 Å². The van der Waals surface area contributed by atoms with E-state index >= 15 is 0 Å². The molecule has 1 N–H and O–H groups in total. The molecular formula is C20H23N3O3S. The lowest BCUT2D eigenvalue weighted by Crippen LogP contribution is -2.25.